The number of fused-ring (bicyclic) bond motifs is 3. The van der Waals surface area contributed by atoms with Crippen molar-refractivity contribution in [3.8, 4) is 0 Å². The molecule has 3 aromatic rings. The molecule has 1 nitrogen and oxygen atoms in total. The second-order valence-electron chi connectivity index (χ2n) is 6.79. The van der Waals surface area contributed by atoms with Gasteiger partial charge in [-0.1, -0.05) is 81.1 Å². The summed E-state index contributed by atoms with van der Waals surface area (Å²) < 4.78 is 2.27. The van der Waals surface area contributed by atoms with Crippen LogP contribution in [0.1, 0.15) is 31.5 Å². The van der Waals surface area contributed by atoms with Gasteiger partial charge < -0.3 is 4.57 Å². The van der Waals surface area contributed by atoms with Gasteiger partial charge >= 0.3 is 0 Å². The van der Waals surface area contributed by atoms with Crippen molar-refractivity contribution in [2.24, 2.45) is 13.0 Å². The SMILES string of the molecule is C=CC(C)/C=C\c1c(C(=C)/C=C\CC)n(C)c2ccc3ccccc3c12. The first-order valence-electron chi connectivity index (χ1n) is 9.25. The van der Waals surface area contributed by atoms with Crippen LogP contribution in [-0.2, 0) is 7.05 Å². The van der Waals surface area contributed by atoms with Gasteiger partial charge in [-0.25, -0.2) is 0 Å². The fraction of sp³-hybridized carbons (Fsp3) is 0.200. The van der Waals surface area contributed by atoms with Crippen LogP contribution in [-0.4, -0.2) is 4.57 Å². The molecule has 2 aromatic carbocycles. The summed E-state index contributed by atoms with van der Waals surface area (Å²) in [4.78, 5) is 0. The zero-order valence-electron chi connectivity index (χ0n) is 16.0. The van der Waals surface area contributed by atoms with Crippen LogP contribution < -0.4 is 0 Å². The molecule has 1 heteroatoms. The zero-order chi connectivity index (χ0) is 18.7. The van der Waals surface area contributed by atoms with E-state index in [1.807, 2.05) is 6.08 Å². The van der Waals surface area contributed by atoms with Crippen LogP contribution in [0.3, 0.4) is 0 Å². The Morgan fingerprint density at radius 3 is 2.69 bits per heavy atom. The molecule has 1 aromatic heterocycles. The summed E-state index contributed by atoms with van der Waals surface area (Å²) in [5.41, 5.74) is 4.68. The van der Waals surface area contributed by atoms with E-state index in [1.54, 1.807) is 0 Å². The first kappa shape index (κ1) is 18.0. The van der Waals surface area contributed by atoms with Crippen molar-refractivity contribution < 1.29 is 0 Å². The third-order valence-corrected chi connectivity index (χ3v) is 4.93. The number of hydrogen-bond donors (Lipinski definition) is 0. The molecule has 1 atom stereocenters. The molecule has 0 bridgehead atoms. The molecule has 0 spiro atoms. The average molecular weight is 341 g/mol. The second-order valence-corrected chi connectivity index (χ2v) is 6.79. The molecule has 0 fully saturated rings. The lowest BCUT2D eigenvalue weighted by atomic mass is 9.99. The number of rotatable bonds is 6. The molecule has 3 rings (SSSR count). The second kappa shape index (κ2) is 7.61. The van der Waals surface area contributed by atoms with Gasteiger partial charge in [-0.15, -0.1) is 6.58 Å². The van der Waals surface area contributed by atoms with E-state index in [0.717, 1.165) is 12.0 Å². The van der Waals surface area contributed by atoms with Crippen molar-refractivity contribution in [2.75, 3.05) is 0 Å². The minimum Gasteiger partial charge on any atom is -0.343 e. The molecular formula is C25H27N. The van der Waals surface area contributed by atoms with Gasteiger partial charge in [0.05, 0.1) is 5.69 Å². The number of aryl methyl sites for hydroxylation is 1. The van der Waals surface area contributed by atoms with Gasteiger partial charge in [-0.05, 0) is 34.8 Å². The van der Waals surface area contributed by atoms with Crippen LogP contribution in [0.25, 0.3) is 33.3 Å². The Kier molecular flexibility index (Phi) is 5.27. The van der Waals surface area contributed by atoms with Crippen LogP contribution in [0, 0.1) is 5.92 Å². The highest BCUT2D eigenvalue weighted by atomic mass is 15.0. The molecule has 0 N–H and O–H groups in total. The Balaban J connectivity index is 2.37. The van der Waals surface area contributed by atoms with Gasteiger partial charge in [0.2, 0.25) is 0 Å². The minimum atomic E-state index is 0.326. The van der Waals surface area contributed by atoms with Crippen LogP contribution >= 0.6 is 0 Å². The lowest BCUT2D eigenvalue weighted by Crippen LogP contribution is -1.95. The smallest absolute Gasteiger partial charge is 0.0556 e. The summed E-state index contributed by atoms with van der Waals surface area (Å²) in [6.45, 7) is 12.5. The van der Waals surface area contributed by atoms with E-state index in [4.69, 9.17) is 0 Å². The molecule has 0 saturated heterocycles. The fourth-order valence-corrected chi connectivity index (χ4v) is 3.46. The summed E-state index contributed by atoms with van der Waals surface area (Å²) >= 11 is 0. The van der Waals surface area contributed by atoms with Gasteiger partial charge in [0.25, 0.3) is 0 Å². The quantitative estimate of drug-likeness (QED) is 0.331. The van der Waals surface area contributed by atoms with E-state index in [2.05, 4.69) is 99.3 Å². The predicted octanol–water partition coefficient (Wildman–Crippen LogP) is 7.15. The normalized spacial score (nSPS) is 13.2. The number of nitrogens with zero attached hydrogens (tertiary/aromatic N) is 1. The average Bonchev–Trinajstić information content (AvgIpc) is 2.96. The molecule has 0 radical (unpaired) electrons. The summed E-state index contributed by atoms with van der Waals surface area (Å²) in [5, 5.41) is 3.84. The van der Waals surface area contributed by atoms with Crippen molar-refractivity contribution >= 4 is 33.3 Å². The van der Waals surface area contributed by atoms with Crippen molar-refractivity contribution in [1.29, 1.82) is 0 Å². The van der Waals surface area contributed by atoms with Gasteiger partial charge in [-0.3, -0.25) is 0 Å². The molecule has 0 aliphatic heterocycles. The third-order valence-electron chi connectivity index (χ3n) is 4.93. The maximum atomic E-state index is 4.34. The molecule has 1 unspecified atom stereocenters. The third kappa shape index (κ3) is 3.17. The Labute approximate surface area is 156 Å². The summed E-state index contributed by atoms with van der Waals surface area (Å²) in [5.74, 6) is 0.326. The molecule has 0 amide bonds. The molecule has 26 heavy (non-hydrogen) atoms. The van der Waals surface area contributed by atoms with Crippen LogP contribution in [0.4, 0.5) is 0 Å². The molecule has 0 aliphatic carbocycles. The monoisotopic (exact) mass is 341 g/mol. The van der Waals surface area contributed by atoms with Crippen molar-refractivity contribution in [1.82, 2.24) is 4.57 Å². The number of hydrogen-bond acceptors (Lipinski definition) is 0. The summed E-state index contributed by atoms with van der Waals surface area (Å²) in [6.07, 6.45) is 11.7. The standard InChI is InChI=1S/C25H27N/c1-6-8-11-19(4)25-22(16-14-18(3)7-2)24-21-13-10-9-12-20(21)15-17-23(24)26(25)5/h7-18H,2,4,6H2,1,3,5H3/b11-8-,16-14-. The van der Waals surface area contributed by atoms with E-state index in [-0.39, 0.29) is 0 Å². The zero-order valence-corrected chi connectivity index (χ0v) is 16.0. The van der Waals surface area contributed by atoms with Gasteiger partial charge in [0.1, 0.15) is 0 Å². The Morgan fingerprint density at radius 2 is 1.96 bits per heavy atom. The van der Waals surface area contributed by atoms with Gasteiger partial charge in [-0.2, -0.15) is 0 Å². The molecule has 132 valence electrons. The Bertz CT molecular complexity index is 1030. The fourth-order valence-electron chi connectivity index (χ4n) is 3.46. The van der Waals surface area contributed by atoms with Crippen molar-refractivity contribution in [2.45, 2.75) is 20.3 Å². The number of aromatic nitrogens is 1. The Morgan fingerprint density at radius 1 is 1.19 bits per heavy atom. The highest BCUT2D eigenvalue weighted by Crippen LogP contribution is 2.36. The molecule has 0 saturated carbocycles. The van der Waals surface area contributed by atoms with Crippen LogP contribution in [0.2, 0.25) is 0 Å². The van der Waals surface area contributed by atoms with E-state index >= 15 is 0 Å². The lowest BCUT2D eigenvalue weighted by molar-refractivity contribution is 0.942. The molecular weight excluding hydrogens is 314 g/mol. The van der Waals surface area contributed by atoms with Crippen LogP contribution in [0.15, 0.2) is 73.9 Å². The maximum Gasteiger partial charge on any atom is 0.0556 e. The molecule has 1 heterocycles. The van der Waals surface area contributed by atoms with E-state index in [1.165, 1.54) is 32.9 Å². The van der Waals surface area contributed by atoms with E-state index in [0.29, 0.717) is 5.92 Å². The minimum absolute atomic E-state index is 0.326. The van der Waals surface area contributed by atoms with Crippen molar-refractivity contribution in [3.63, 3.8) is 0 Å². The maximum absolute atomic E-state index is 4.34. The summed E-state index contributed by atoms with van der Waals surface area (Å²) in [7, 11) is 2.13. The summed E-state index contributed by atoms with van der Waals surface area (Å²) in [6, 6.07) is 13.0. The first-order valence-corrected chi connectivity index (χ1v) is 9.25. The van der Waals surface area contributed by atoms with E-state index in [9.17, 15) is 0 Å². The largest absolute Gasteiger partial charge is 0.343 e. The number of allylic oxidation sites excluding steroid dienone is 5. The van der Waals surface area contributed by atoms with E-state index < -0.39 is 0 Å². The predicted molar refractivity (Wildman–Crippen MR) is 117 cm³/mol. The highest BCUT2D eigenvalue weighted by molar-refractivity contribution is 6.12. The highest BCUT2D eigenvalue weighted by Gasteiger charge is 2.16. The van der Waals surface area contributed by atoms with Gasteiger partial charge in [0, 0.05) is 23.5 Å². The lowest BCUT2D eigenvalue weighted by Gasteiger charge is -2.06. The topological polar surface area (TPSA) is 4.93 Å². The Hall–Kier alpha value is -2.80. The number of benzene rings is 2. The van der Waals surface area contributed by atoms with Gasteiger partial charge in [0.15, 0.2) is 0 Å². The first-order chi connectivity index (χ1) is 12.6. The van der Waals surface area contributed by atoms with Crippen LogP contribution in [0.5, 0.6) is 0 Å². The van der Waals surface area contributed by atoms with Crippen molar-refractivity contribution in [3.05, 3.63) is 85.1 Å². The molecule has 0 aliphatic rings.